The van der Waals surface area contributed by atoms with Crippen LogP contribution in [0.4, 0.5) is 0 Å². The van der Waals surface area contributed by atoms with Gasteiger partial charge in [0.2, 0.25) is 0 Å². The Morgan fingerprint density at radius 2 is 1.87 bits per heavy atom. The van der Waals surface area contributed by atoms with E-state index in [-0.39, 0.29) is 5.97 Å². The van der Waals surface area contributed by atoms with Gasteiger partial charge in [0.05, 0.1) is 6.42 Å². The molecule has 5 heteroatoms. The van der Waals surface area contributed by atoms with Gasteiger partial charge in [0.25, 0.3) is 0 Å². The van der Waals surface area contributed by atoms with Gasteiger partial charge in [-0.2, -0.15) is 0 Å². The number of hydrogen-bond acceptors (Lipinski definition) is 5. The summed E-state index contributed by atoms with van der Waals surface area (Å²) in [5.41, 5.74) is -0.396. The van der Waals surface area contributed by atoms with Crippen molar-refractivity contribution in [1.29, 1.82) is 0 Å². The number of carbonyl (C=O) groups excluding carboxylic acids is 2. The van der Waals surface area contributed by atoms with E-state index < -0.39 is 5.60 Å². The van der Waals surface area contributed by atoms with E-state index >= 15 is 0 Å². The number of hydrogen-bond donors (Lipinski definition) is 0. The number of carbonyl (C=O) groups is 2. The Hall–Kier alpha value is -0.160. The van der Waals surface area contributed by atoms with Crippen LogP contribution in [0.25, 0.3) is 0 Å². The maximum absolute atomic E-state index is 11.2. The van der Waals surface area contributed by atoms with Gasteiger partial charge in [-0.1, -0.05) is 21.6 Å². The van der Waals surface area contributed by atoms with Crippen LogP contribution in [0.15, 0.2) is 0 Å². The van der Waals surface area contributed by atoms with Crippen molar-refractivity contribution in [2.24, 2.45) is 0 Å². The fourth-order valence-corrected chi connectivity index (χ4v) is 2.66. The van der Waals surface area contributed by atoms with E-state index in [1.54, 1.807) is 21.6 Å². The van der Waals surface area contributed by atoms with Crippen LogP contribution >= 0.6 is 21.6 Å². The Kier molecular flexibility index (Phi) is 7.96. The molecule has 0 spiro atoms. The lowest BCUT2D eigenvalue weighted by Crippen LogP contribution is -2.23. The van der Waals surface area contributed by atoms with Crippen molar-refractivity contribution in [2.45, 2.75) is 39.2 Å². The fraction of sp³-hybridized carbons (Fsp3) is 0.800. The Labute approximate surface area is 99.1 Å². The highest BCUT2D eigenvalue weighted by atomic mass is 33.1. The van der Waals surface area contributed by atoms with E-state index in [0.29, 0.717) is 12.8 Å². The molecule has 0 atom stereocenters. The van der Waals surface area contributed by atoms with Crippen LogP contribution in [-0.2, 0) is 14.3 Å². The third-order valence-electron chi connectivity index (χ3n) is 1.21. The van der Waals surface area contributed by atoms with Crippen LogP contribution in [0.5, 0.6) is 0 Å². The van der Waals surface area contributed by atoms with E-state index in [1.165, 1.54) is 0 Å². The first-order valence-electron chi connectivity index (χ1n) is 4.85. The predicted molar refractivity (Wildman–Crippen MR) is 66.1 cm³/mol. The molecule has 88 valence electrons. The summed E-state index contributed by atoms with van der Waals surface area (Å²) in [7, 11) is 3.22. The minimum Gasteiger partial charge on any atom is -0.460 e. The summed E-state index contributed by atoms with van der Waals surface area (Å²) < 4.78 is 5.15. The molecule has 0 saturated carbocycles. The molecule has 0 rings (SSSR count). The van der Waals surface area contributed by atoms with E-state index in [2.05, 4.69) is 0 Å². The van der Waals surface area contributed by atoms with Crippen LogP contribution in [0.2, 0.25) is 0 Å². The first-order valence-corrected chi connectivity index (χ1v) is 7.34. The smallest absolute Gasteiger partial charge is 0.307 e. The monoisotopic (exact) mass is 250 g/mol. The number of aldehydes is 1. The topological polar surface area (TPSA) is 43.4 Å². The summed E-state index contributed by atoms with van der Waals surface area (Å²) in [5, 5.41) is 0. The first kappa shape index (κ1) is 14.8. The highest BCUT2D eigenvalue weighted by Gasteiger charge is 2.15. The second-order valence-electron chi connectivity index (χ2n) is 3.94. The maximum Gasteiger partial charge on any atom is 0.307 e. The van der Waals surface area contributed by atoms with Crippen molar-refractivity contribution >= 4 is 33.8 Å². The molecule has 0 heterocycles. The average Bonchev–Trinajstić information content (AvgIpc) is 2.08. The van der Waals surface area contributed by atoms with Crippen LogP contribution in [0, 0.1) is 0 Å². The van der Waals surface area contributed by atoms with Crippen molar-refractivity contribution in [3.05, 3.63) is 0 Å². The first-order chi connectivity index (χ1) is 6.95. The molecule has 0 aromatic rings. The molecule has 0 amide bonds. The summed E-state index contributed by atoms with van der Waals surface area (Å²) in [6.45, 7) is 5.57. The van der Waals surface area contributed by atoms with Gasteiger partial charge in [-0.15, -0.1) is 0 Å². The average molecular weight is 250 g/mol. The molecule has 0 aromatic carbocycles. The lowest BCUT2D eigenvalue weighted by atomic mass is 10.2. The molecule has 0 saturated heterocycles. The minimum atomic E-state index is -0.396. The SMILES string of the molecule is CC(C)(C)OC(=O)CCSSCCC=O. The normalized spacial score (nSPS) is 11.1. The quantitative estimate of drug-likeness (QED) is 0.301. The number of rotatable bonds is 7. The molecular formula is C10H18O3S2. The summed E-state index contributed by atoms with van der Waals surface area (Å²) in [4.78, 5) is 21.3. The molecular weight excluding hydrogens is 232 g/mol. The summed E-state index contributed by atoms with van der Waals surface area (Å²) in [6.07, 6.45) is 1.90. The van der Waals surface area contributed by atoms with Crippen molar-refractivity contribution < 1.29 is 14.3 Å². The van der Waals surface area contributed by atoms with Crippen molar-refractivity contribution in [3.63, 3.8) is 0 Å². The predicted octanol–water partition coefficient (Wildman–Crippen LogP) is 2.69. The van der Waals surface area contributed by atoms with Gasteiger partial charge in [0, 0.05) is 17.9 Å². The Bertz CT molecular complexity index is 199. The fourth-order valence-electron chi connectivity index (χ4n) is 0.732. The van der Waals surface area contributed by atoms with Crippen LogP contribution in [0.1, 0.15) is 33.6 Å². The van der Waals surface area contributed by atoms with Crippen molar-refractivity contribution in [2.75, 3.05) is 11.5 Å². The van der Waals surface area contributed by atoms with Gasteiger partial charge in [0.1, 0.15) is 11.9 Å². The third kappa shape index (κ3) is 11.8. The van der Waals surface area contributed by atoms with Crippen LogP contribution in [-0.4, -0.2) is 29.4 Å². The maximum atomic E-state index is 11.2. The highest BCUT2D eigenvalue weighted by Crippen LogP contribution is 2.22. The van der Waals surface area contributed by atoms with Gasteiger partial charge in [0.15, 0.2) is 0 Å². The lowest BCUT2D eigenvalue weighted by molar-refractivity contribution is -0.154. The van der Waals surface area contributed by atoms with Gasteiger partial charge >= 0.3 is 5.97 Å². The molecule has 0 aromatic heterocycles. The zero-order chi connectivity index (χ0) is 11.7. The second-order valence-corrected chi connectivity index (χ2v) is 6.64. The second kappa shape index (κ2) is 8.05. The van der Waals surface area contributed by atoms with Gasteiger partial charge in [-0.05, 0) is 20.8 Å². The summed E-state index contributed by atoms with van der Waals surface area (Å²) in [6, 6.07) is 0. The highest BCUT2D eigenvalue weighted by molar-refractivity contribution is 8.76. The molecule has 0 aliphatic heterocycles. The van der Waals surface area contributed by atoms with Crippen LogP contribution in [0.3, 0.4) is 0 Å². The summed E-state index contributed by atoms with van der Waals surface area (Å²) >= 11 is 0. The molecule has 3 nitrogen and oxygen atoms in total. The Morgan fingerprint density at radius 3 is 2.40 bits per heavy atom. The van der Waals surface area contributed by atoms with Gasteiger partial charge < -0.3 is 9.53 Å². The molecule has 0 unspecified atom stereocenters. The third-order valence-corrected chi connectivity index (χ3v) is 3.65. The Balaban J connectivity index is 3.36. The van der Waals surface area contributed by atoms with Gasteiger partial charge in [-0.25, -0.2) is 0 Å². The van der Waals surface area contributed by atoms with Crippen LogP contribution < -0.4 is 0 Å². The standard InChI is InChI=1S/C10H18O3S2/c1-10(2,3)13-9(12)5-8-15-14-7-4-6-11/h6H,4-5,7-8H2,1-3H3. The zero-order valence-corrected chi connectivity index (χ0v) is 11.1. The van der Waals surface area contributed by atoms with E-state index in [0.717, 1.165) is 17.8 Å². The van der Waals surface area contributed by atoms with Crippen molar-refractivity contribution in [1.82, 2.24) is 0 Å². The van der Waals surface area contributed by atoms with E-state index in [9.17, 15) is 9.59 Å². The zero-order valence-electron chi connectivity index (χ0n) is 9.45. The molecule has 0 aliphatic carbocycles. The number of ether oxygens (including phenoxy) is 1. The van der Waals surface area contributed by atoms with Gasteiger partial charge in [-0.3, -0.25) is 4.79 Å². The lowest BCUT2D eigenvalue weighted by Gasteiger charge is -2.19. The van der Waals surface area contributed by atoms with E-state index in [4.69, 9.17) is 4.74 Å². The molecule has 0 N–H and O–H groups in total. The molecule has 15 heavy (non-hydrogen) atoms. The largest absolute Gasteiger partial charge is 0.460 e. The molecule has 0 radical (unpaired) electrons. The minimum absolute atomic E-state index is 0.161. The summed E-state index contributed by atoms with van der Waals surface area (Å²) in [5.74, 6) is 1.38. The Morgan fingerprint density at radius 1 is 1.27 bits per heavy atom. The van der Waals surface area contributed by atoms with Crippen molar-refractivity contribution in [3.8, 4) is 0 Å². The molecule has 0 bridgehead atoms. The molecule has 0 aliphatic rings. The van der Waals surface area contributed by atoms with E-state index in [1.807, 2.05) is 20.8 Å². The number of esters is 1. The molecule has 0 fully saturated rings.